The van der Waals surface area contributed by atoms with E-state index in [4.69, 9.17) is 10.1 Å². The predicted octanol–water partition coefficient (Wildman–Crippen LogP) is 2.72. The maximum atomic E-state index is 11.4. The molecule has 6 nitrogen and oxygen atoms in total. The van der Waals surface area contributed by atoms with Crippen LogP contribution in [0.1, 0.15) is 23.8 Å². The molecule has 2 N–H and O–H groups in total. The van der Waals surface area contributed by atoms with Gasteiger partial charge in [-0.25, -0.2) is 23.5 Å². The molecule has 1 aliphatic heterocycles. The molecule has 25 heavy (non-hydrogen) atoms. The van der Waals surface area contributed by atoms with E-state index in [2.05, 4.69) is 16.0 Å². The third-order valence-corrected chi connectivity index (χ3v) is 6.55. The molecular weight excluding hydrogens is 356 g/mol. The first kappa shape index (κ1) is 16.4. The number of fused-ring (bicyclic) bond motifs is 1. The molecule has 8 heteroatoms. The minimum Gasteiger partial charge on any atom is -0.356 e. The van der Waals surface area contributed by atoms with Crippen molar-refractivity contribution in [2.45, 2.75) is 23.7 Å². The van der Waals surface area contributed by atoms with E-state index >= 15 is 0 Å². The summed E-state index contributed by atoms with van der Waals surface area (Å²) in [6.45, 7) is 1.74. The lowest BCUT2D eigenvalue weighted by Gasteiger charge is -2.32. The maximum absolute atomic E-state index is 11.4. The molecule has 1 fully saturated rings. The van der Waals surface area contributed by atoms with Crippen molar-refractivity contribution in [2.75, 3.05) is 18.0 Å². The Balaban J connectivity index is 1.56. The van der Waals surface area contributed by atoms with Crippen molar-refractivity contribution >= 4 is 37.4 Å². The van der Waals surface area contributed by atoms with Crippen molar-refractivity contribution < 1.29 is 8.42 Å². The van der Waals surface area contributed by atoms with Crippen LogP contribution in [0, 0.1) is 0 Å². The highest BCUT2D eigenvalue weighted by Crippen LogP contribution is 2.34. The molecule has 0 bridgehead atoms. The topological polar surface area (TPSA) is 89.2 Å². The van der Waals surface area contributed by atoms with E-state index < -0.39 is 10.0 Å². The summed E-state index contributed by atoms with van der Waals surface area (Å²) in [5.41, 5.74) is 1.05. The Morgan fingerprint density at radius 2 is 2.04 bits per heavy atom. The lowest BCUT2D eigenvalue weighted by molar-refractivity contribution is 0.506. The summed E-state index contributed by atoms with van der Waals surface area (Å²) in [5, 5.41) is 6.29. The van der Waals surface area contributed by atoms with Crippen LogP contribution in [-0.4, -0.2) is 31.5 Å². The summed E-state index contributed by atoms with van der Waals surface area (Å²) in [4.78, 5) is 11.3. The smallest absolute Gasteiger partial charge is 0.239 e. The minimum atomic E-state index is -3.71. The second-order valence-electron chi connectivity index (χ2n) is 6.20. The van der Waals surface area contributed by atoms with E-state index in [0.717, 1.165) is 42.3 Å². The van der Waals surface area contributed by atoms with Gasteiger partial charge < -0.3 is 4.90 Å². The summed E-state index contributed by atoms with van der Waals surface area (Å²) < 4.78 is 23.9. The number of thiazole rings is 1. The Labute approximate surface area is 150 Å². The molecular formula is C17H18N4O2S2. The number of aromatic nitrogens is 2. The van der Waals surface area contributed by atoms with Crippen molar-refractivity contribution in [1.29, 1.82) is 0 Å². The molecule has 0 spiro atoms. The van der Waals surface area contributed by atoms with Gasteiger partial charge in [-0.15, -0.1) is 11.3 Å². The van der Waals surface area contributed by atoms with Gasteiger partial charge in [0, 0.05) is 25.2 Å². The fourth-order valence-electron chi connectivity index (χ4n) is 3.18. The Hall–Kier alpha value is -2.03. The van der Waals surface area contributed by atoms with Gasteiger partial charge >= 0.3 is 0 Å². The van der Waals surface area contributed by atoms with E-state index in [-0.39, 0.29) is 4.90 Å². The van der Waals surface area contributed by atoms with Crippen LogP contribution >= 0.6 is 11.3 Å². The maximum Gasteiger partial charge on any atom is 0.239 e. The van der Waals surface area contributed by atoms with Crippen molar-refractivity contribution in [1.82, 2.24) is 9.97 Å². The number of hydrogen-bond acceptors (Lipinski definition) is 6. The summed E-state index contributed by atoms with van der Waals surface area (Å²) in [5.74, 6) is 1.14. The quantitative estimate of drug-likeness (QED) is 0.761. The average molecular weight is 374 g/mol. The molecule has 1 aliphatic rings. The third-order valence-electron chi connectivity index (χ3n) is 4.45. The Bertz CT molecular complexity index is 966. The van der Waals surface area contributed by atoms with Gasteiger partial charge in [0.05, 0.1) is 15.2 Å². The standard InChI is InChI=1S/C17H18N4O2S2/c18-25(22,23)13-7-8-16(19-10-13)21-9-3-4-12(11-21)17-20-14-5-1-2-6-15(14)24-17/h1-2,5-8,10,12H,3-4,9,11H2,(H2,18,22,23). The minimum absolute atomic E-state index is 0.0379. The first-order chi connectivity index (χ1) is 12.0. The van der Waals surface area contributed by atoms with Crippen molar-refractivity contribution in [3.8, 4) is 0 Å². The normalized spacial score (nSPS) is 18.6. The highest BCUT2D eigenvalue weighted by atomic mass is 32.2. The van der Waals surface area contributed by atoms with Crippen molar-refractivity contribution in [3.63, 3.8) is 0 Å². The van der Waals surface area contributed by atoms with E-state index in [1.807, 2.05) is 18.2 Å². The molecule has 0 amide bonds. The third kappa shape index (κ3) is 3.37. The summed E-state index contributed by atoms with van der Waals surface area (Å²) in [6.07, 6.45) is 3.48. The van der Waals surface area contributed by atoms with E-state index in [1.54, 1.807) is 17.4 Å². The molecule has 2 aromatic heterocycles. The predicted molar refractivity (Wildman–Crippen MR) is 99.4 cm³/mol. The van der Waals surface area contributed by atoms with E-state index in [9.17, 15) is 8.42 Å². The molecule has 1 unspecified atom stereocenters. The molecule has 1 atom stereocenters. The number of benzene rings is 1. The van der Waals surface area contributed by atoms with Crippen LogP contribution in [0.4, 0.5) is 5.82 Å². The Morgan fingerprint density at radius 3 is 2.76 bits per heavy atom. The van der Waals surface area contributed by atoms with Crippen LogP contribution in [0.3, 0.4) is 0 Å². The Morgan fingerprint density at radius 1 is 1.20 bits per heavy atom. The summed E-state index contributed by atoms with van der Waals surface area (Å²) >= 11 is 1.75. The van der Waals surface area contributed by atoms with Crippen LogP contribution in [-0.2, 0) is 10.0 Å². The van der Waals surface area contributed by atoms with Gasteiger partial charge in [0.2, 0.25) is 10.0 Å². The van der Waals surface area contributed by atoms with Crippen LogP contribution in [0.2, 0.25) is 0 Å². The monoisotopic (exact) mass is 374 g/mol. The Kier molecular flexibility index (Phi) is 4.18. The number of anilines is 1. The largest absolute Gasteiger partial charge is 0.356 e. The van der Waals surface area contributed by atoms with Gasteiger partial charge in [-0.05, 0) is 37.1 Å². The number of nitrogens with two attached hydrogens (primary N) is 1. The summed E-state index contributed by atoms with van der Waals surface area (Å²) in [6, 6.07) is 11.4. The number of hydrogen-bond donors (Lipinski definition) is 1. The molecule has 3 heterocycles. The highest BCUT2D eigenvalue weighted by Gasteiger charge is 2.25. The molecule has 1 saturated heterocycles. The number of piperidine rings is 1. The van der Waals surface area contributed by atoms with Crippen LogP contribution in [0.5, 0.6) is 0 Å². The second kappa shape index (κ2) is 6.36. The first-order valence-corrected chi connectivity index (χ1v) is 10.5. The SMILES string of the molecule is NS(=O)(=O)c1ccc(N2CCCC(c3nc4ccccc4s3)C2)nc1. The number of para-hydroxylation sites is 1. The molecule has 4 rings (SSSR count). The summed E-state index contributed by atoms with van der Waals surface area (Å²) in [7, 11) is -3.71. The average Bonchev–Trinajstić information content (AvgIpc) is 3.05. The lowest BCUT2D eigenvalue weighted by atomic mass is 9.99. The first-order valence-electron chi connectivity index (χ1n) is 8.10. The number of sulfonamides is 1. The number of rotatable bonds is 3. The van der Waals surface area contributed by atoms with Gasteiger partial charge in [0.1, 0.15) is 10.7 Å². The zero-order valence-corrected chi connectivity index (χ0v) is 15.1. The van der Waals surface area contributed by atoms with Gasteiger partial charge in [-0.2, -0.15) is 0 Å². The zero-order valence-electron chi connectivity index (χ0n) is 13.5. The van der Waals surface area contributed by atoms with E-state index in [1.165, 1.54) is 17.0 Å². The lowest BCUT2D eigenvalue weighted by Crippen LogP contribution is -2.34. The number of primary sulfonamides is 1. The van der Waals surface area contributed by atoms with Crippen LogP contribution < -0.4 is 10.0 Å². The molecule has 0 saturated carbocycles. The fourth-order valence-corrected chi connectivity index (χ4v) is 4.73. The van der Waals surface area contributed by atoms with Crippen molar-refractivity contribution in [3.05, 3.63) is 47.6 Å². The van der Waals surface area contributed by atoms with E-state index in [0.29, 0.717) is 5.92 Å². The highest BCUT2D eigenvalue weighted by molar-refractivity contribution is 7.89. The zero-order chi connectivity index (χ0) is 17.4. The number of pyridine rings is 1. The van der Waals surface area contributed by atoms with Crippen molar-refractivity contribution in [2.24, 2.45) is 5.14 Å². The van der Waals surface area contributed by atoms with Crippen LogP contribution in [0.15, 0.2) is 47.5 Å². The molecule has 0 aliphatic carbocycles. The van der Waals surface area contributed by atoms with Gasteiger partial charge in [0.15, 0.2) is 0 Å². The fraction of sp³-hybridized carbons (Fsp3) is 0.294. The molecule has 3 aromatic rings. The molecule has 0 radical (unpaired) electrons. The number of nitrogens with zero attached hydrogens (tertiary/aromatic N) is 3. The van der Waals surface area contributed by atoms with Gasteiger partial charge in [0.25, 0.3) is 0 Å². The molecule has 1 aromatic carbocycles. The van der Waals surface area contributed by atoms with Gasteiger partial charge in [-0.1, -0.05) is 12.1 Å². The van der Waals surface area contributed by atoms with Gasteiger partial charge in [-0.3, -0.25) is 0 Å². The second-order valence-corrected chi connectivity index (χ2v) is 8.83. The molecule has 130 valence electrons. The van der Waals surface area contributed by atoms with Crippen LogP contribution in [0.25, 0.3) is 10.2 Å².